The molecule has 1 amide bonds. The Kier molecular flexibility index (Phi) is 4.85. The molecule has 1 heterocycles. The zero-order chi connectivity index (χ0) is 15.4. The van der Waals surface area contributed by atoms with E-state index in [1.807, 2.05) is 13.8 Å². The van der Waals surface area contributed by atoms with Crippen molar-refractivity contribution in [3.63, 3.8) is 0 Å². The molecule has 0 aliphatic heterocycles. The molecule has 7 heteroatoms. The molecule has 0 saturated heterocycles. The number of hydrogen-bond donors (Lipinski definition) is 2. The first-order valence-corrected chi connectivity index (χ1v) is 7.38. The smallest absolute Gasteiger partial charge is 0.237 e. The molecule has 2 rings (SSSR count). The van der Waals surface area contributed by atoms with Crippen molar-refractivity contribution in [3.05, 3.63) is 35.8 Å². The Balaban J connectivity index is 1.89. The molecule has 21 heavy (non-hydrogen) atoms. The highest BCUT2D eigenvalue weighted by Gasteiger charge is 2.12. The first kappa shape index (κ1) is 15.4. The van der Waals surface area contributed by atoms with Gasteiger partial charge in [0.2, 0.25) is 11.8 Å². The largest absolute Gasteiger partial charge is 0.399 e. The standard InChI is InChI=1S/C14H16FN3O2S/c1-8(2)11-6-14(20-18-11)17-13(19)7-21-12-4-3-9(16)5-10(12)15/h3-6,8H,7,16H2,1-2H3,(H,17,19). The number of thioether (sulfide) groups is 1. The molecule has 0 bridgehead atoms. The Hall–Kier alpha value is -2.02. The van der Waals surface area contributed by atoms with E-state index in [-0.39, 0.29) is 17.6 Å². The normalized spacial score (nSPS) is 10.9. The van der Waals surface area contributed by atoms with Gasteiger partial charge in [-0.05, 0) is 24.1 Å². The molecule has 0 unspecified atom stereocenters. The monoisotopic (exact) mass is 309 g/mol. The molecule has 0 saturated carbocycles. The SMILES string of the molecule is CC(C)c1cc(NC(=O)CSc2ccc(N)cc2F)on1. The van der Waals surface area contributed by atoms with Crippen LogP contribution in [0.2, 0.25) is 0 Å². The van der Waals surface area contributed by atoms with Gasteiger partial charge in [0.1, 0.15) is 5.82 Å². The number of rotatable bonds is 5. The summed E-state index contributed by atoms with van der Waals surface area (Å²) in [6, 6.07) is 6.05. The quantitative estimate of drug-likeness (QED) is 0.654. The lowest BCUT2D eigenvalue weighted by molar-refractivity contribution is -0.113. The lowest BCUT2D eigenvalue weighted by Gasteiger charge is -2.04. The number of aromatic nitrogens is 1. The molecule has 0 aliphatic carbocycles. The molecule has 0 spiro atoms. The number of nitrogen functional groups attached to an aromatic ring is 1. The third-order valence-electron chi connectivity index (χ3n) is 2.70. The van der Waals surface area contributed by atoms with Crippen molar-refractivity contribution in [3.8, 4) is 0 Å². The molecule has 0 aliphatic rings. The van der Waals surface area contributed by atoms with Crippen LogP contribution in [0.3, 0.4) is 0 Å². The van der Waals surface area contributed by atoms with E-state index >= 15 is 0 Å². The maximum atomic E-state index is 13.6. The molecule has 3 N–H and O–H groups in total. The van der Waals surface area contributed by atoms with Gasteiger partial charge in [0.05, 0.1) is 11.4 Å². The van der Waals surface area contributed by atoms with E-state index in [4.69, 9.17) is 10.3 Å². The van der Waals surface area contributed by atoms with E-state index in [2.05, 4.69) is 10.5 Å². The van der Waals surface area contributed by atoms with Crippen molar-refractivity contribution in [2.75, 3.05) is 16.8 Å². The zero-order valence-electron chi connectivity index (χ0n) is 11.7. The summed E-state index contributed by atoms with van der Waals surface area (Å²) in [5, 5.41) is 6.42. The molecule has 0 radical (unpaired) electrons. The number of hydrogen-bond acceptors (Lipinski definition) is 5. The Bertz CT molecular complexity index is 643. The zero-order valence-corrected chi connectivity index (χ0v) is 12.5. The Morgan fingerprint density at radius 1 is 1.48 bits per heavy atom. The summed E-state index contributed by atoms with van der Waals surface area (Å²) in [6.45, 7) is 3.95. The maximum absolute atomic E-state index is 13.6. The molecule has 1 aromatic heterocycles. The lowest BCUT2D eigenvalue weighted by atomic mass is 10.1. The molecule has 1 aromatic carbocycles. The van der Waals surface area contributed by atoms with Gasteiger partial charge in [0.15, 0.2) is 0 Å². The molecule has 0 fully saturated rings. The molecular weight excluding hydrogens is 293 g/mol. The van der Waals surface area contributed by atoms with E-state index in [1.165, 1.54) is 6.07 Å². The van der Waals surface area contributed by atoms with Crippen molar-refractivity contribution in [1.29, 1.82) is 0 Å². The van der Waals surface area contributed by atoms with Gasteiger partial charge < -0.3 is 10.3 Å². The minimum Gasteiger partial charge on any atom is -0.399 e. The van der Waals surface area contributed by atoms with Crippen molar-refractivity contribution < 1.29 is 13.7 Å². The van der Waals surface area contributed by atoms with Crippen LogP contribution in [-0.2, 0) is 4.79 Å². The van der Waals surface area contributed by atoms with Crippen molar-refractivity contribution in [1.82, 2.24) is 5.16 Å². The number of amides is 1. The first-order chi connectivity index (χ1) is 9.95. The van der Waals surface area contributed by atoms with Crippen LogP contribution in [-0.4, -0.2) is 16.8 Å². The van der Waals surface area contributed by atoms with Gasteiger partial charge in [-0.15, -0.1) is 11.8 Å². The number of nitrogens with two attached hydrogens (primary N) is 1. The van der Waals surface area contributed by atoms with Gasteiger partial charge in [0, 0.05) is 16.6 Å². The van der Waals surface area contributed by atoms with Crippen molar-refractivity contribution in [2.45, 2.75) is 24.7 Å². The highest BCUT2D eigenvalue weighted by molar-refractivity contribution is 8.00. The number of benzene rings is 1. The second-order valence-corrected chi connectivity index (χ2v) is 5.81. The molecule has 0 atom stereocenters. The van der Waals surface area contributed by atoms with E-state index < -0.39 is 5.82 Å². The van der Waals surface area contributed by atoms with Crippen LogP contribution >= 0.6 is 11.8 Å². The molecule has 112 valence electrons. The molecule has 2 aromatic rings. The number of nitrogens with zero attached hydrogens (tertiary/aromatic N) is 1. The fourth-order valence-electron chi connectivity index (χ4n) is 1.57. The van der Waals surface area contributed by atoms with Crippen LogP contribution in [0.1, 0.15) is 25.5 Å². The second kappa shape index (κ2) is 6.62. The van der Waals surface area contributed by atoms with Crippen LogP contribution in [0, 0.1) is 5.82 Å². The molecule has 5 nitrogen and oxygen atoms in total. The summed E-state index contributed by atoms with van der Waals surface area (Å²) >= 11 is 1.09. The fourth-order valence-corrected chi connectivity index (χ4v) is 2.29. The van der Waals surface area contributed by atoms with Gasteiger partial charge >= 0.3 is 0 Å². The predicted octanol–water partition coefficient (Wildman–Crippen LogP) is 3.25. The summed E-state index contributed by atoms with van der Waals surface area (Å²) in [7, 11) is 0. The Labute approximate surface area is 126 Å². The lowest BCUT2D eigenvalue weighted by Crippen LogP contribution is -2.13. The van der Waals surface area contributed by atoms with Gasteiger partial charge in [-0.2, -0.15) is 0 Å². The Morgan fingerprint density at radius 2 is 2.24 bits per heavy atom. The van der Waals surface area contributed by atoms with Gasteiger partial charge in [-0.1, -0.05) is 19.0 Å². The summed E-state index contributed by atoms with van der Waals surface area (Å²) in [5.74, 6) is -0.143. The van der Waals surface area contributed by atoms with Crippen LogP contribution in [0.15, 0.2) is 33.7 Å². The van der Waals surface area contributed by atoms with Gasteiger partial charge in [-0.25, -0.2) is 4.39 Å². The predicted molar refractivity (Wildman–Crippen MR) is 80.8 cm³/mol. The van der Waals surface area contributed by atoms with Crippen molar-refractivity contribution in [2.24, 2.45) is 0 Å². The van der Waals surface area contributed by atoms with E-state index in [1.54, 1.807) is 18.2 Å². The topological polar surface area (TPSA) is 81.2 Å². The van der Waals surface area contributed by atoms with Crippen LogP contribution < -0.4 is 11.1 Å². The van der Waals surface area contributed by atoms with Gasteiger partial charge in [0.25, 0.3) is 0 Å². The fraction of sp³-hybridized carbons (Fsp3) is 0.286. The maximum Gasteiger partial charge on any atom is 0.237 e. The average Bonchev–Trinajstić information content (AvgIpc) is 2.86. The number of halogens is 1. The van der Waals surface area contributed by atoms with Crippen LogP contribution in [0.4, 0.5) is 16.0 Å². The Morgan fingerprint density at radius 3 is 2.86 bits per heavy atom. The summed E-state index contributed by atoms with van der Waals surface area (Å²) in [4.78, 5) is 12.2. The summed E-state index contributed by atoms with van der Waals surface area (Å²) in [6.07, 6.45) is 0. The van der Waals surface area contributed by atoms with E-state index in [0.717, 1.165) is 17.5 Å². The summed E-state index contributed by atoms with van der Waals surface area (Å²) in [5.41, 5.74) is 6.58. The first-order valence-electron chi connectivity index (χ1n) is 6.40. The van der Waals surface area contributed by atoms with Crippen LogP contribution in [0.5, 0.6) is 0 Å². The minimum atomic E-state index is -0.436. The third-order valence-corrected chi connectivity index (χ3v) is 3.75. The minimum absolute atomic E-state index is 0.0680. The highest BCUT2D eigenvalue weighted by Crippen LogP contribution is 2.24. The average molecular weight is 309 g/mol. The second-order valence-electron chi connectivity index (χ2n) is 4.80. The third kappa shape index (κ3) is 4.22. The van der Waals surface area contributed by atoms with E-state index in [0.29, 0.717) is 16.5 Å². The number of carbonyl (C=O) groups excluding carboxylic acids is 1. The number of anilines is 2. The highest BCUT2D eigenvalue weighted by atomic mass is 32.2. The summed E-state index contributed by atoms with van der Waals surface area (Å²) < 4.78 is 18.6. The van der Waals surface area contributed by atoms with Gasteiger partial charge in [-0.3, -0.25) is 10.1 Å². The number of nitrogens with one attached hydrogen (secondary N) is 1. The molecular formula is C14H16FN3O2S. The number of carbonyl (C=O) groups is 1. The van der Waals surface area contributed by atoms with E-state index in [9.17, 15) is 9.18 Å². The van der Waals surface area contributed by atoms with Crippen molar-refractivity contribution >= 4 is 29.2 Å². The van der Waals surface area contributed by atoms with Crippen LogP contribution in [0.25, 0.3) is 0 Å².